The average Bonchev–Trinajstić information content (AvgIpc) is 3.39. The molecular weight excluding hydrogens is 566 g/mol. The summed E-state index contributed by atoms with van der Waals surface area (Å²) in [6, 6.07) is 35.1. The van der Waals surface area contributed by atoms with E-state index in [4.69, 9.17) is 18.9 Å². The van der Waals surface area contributed by atoms with Crippen LogP contribution in [0, 0.1) is 5.92 Å². The largest absolute Gasteiger partial charge is 0.489 e. The van der Waals surface area contributed by atoms with E-state index in [0.29, 0.717) is 32.5 Å². The molecule has 4 aromatic rings. The fourth-order valence-corrected chi connectivity index (χ4v) is 5.33. The summed E-state index contributed by atoms with van der Waals surface area (Å²) in [6.07, 6.45) is 0.656. The van der Waals surface area contributed by atoms with E-state index in [1.54, 1.807) is 0 Å². The molecule has 1 saturated heterocycles. The van der Waals surface area contributed by atoms with Crippen LogP contribution in [0.4, 0.5) is 4.79 Å². The lowest BCUT2D eigenvalue weighted by atomic mass is 9.89. The van der Waals surface area contributed by atoms with Gasteiger partial charge in [-0.3, -0.25) is 4.79 Å². The van der Waals surface area contributed by atoms with Gasteiger partial charge in [0, 0.05) is 12.5 Å². The van der Waals surface area contributed by atoms with Gasteiger partial charge in [-0.05, 0) is 80.1 Å². The van der Waals surface area contributed by atoms with Gasteiger partial charge in [0.1, 0.15) is 36.4 Å². The maximum Gasteiger partial charge on any atom is 0.407 e. The predicted octanol–water partition coefficient (Wildman–Crippen LogP) is 7.45. The first-order chi connectivity index (χ1) is 21.7. The van der Waals surface area contributed by atoms with Crippen molar-refractivity contribution in [1.82, 2.24) is 5.32 Å². The van der Waals surface area contributed by atoms with Crippen LogP contribution in [-0.2, 0) is 40.3 Å². The van der Waals surface area contributed by atoms with E-state index < -0.39 is 23.7 Å². The number of carbonyl (C=O) groups excluding carboxylic acids is 2. The van der Waals surface area contributed by atoms with Crippen molar-refractivity contribution in [2.24, 2.45) is 5.92 Å². The van der Waals surface area contributed by atoms with Gasteiger partial charge in [-0.15, -0.1) is 0 Å². The normalized spacial score (nSPS) is 16.8. The van der Waals surface area contributed by atoms with Gasteiger partial charge in [0.15, 0.2) is 0 Å². The van der Waals surface area contributed by atoms with Crippen molar-refractivity contribution in [2.75, 3.05) is 0 Å². The Morgan fingerprint density at radius 1 is 0.756 bits per heavy atom. The summed E-state index contributed by atoms with van der Waals surface area (Å²) in [5, 5.41) is 2.97. The highest BCUT2D eigenvalue weighted by Crippen LogP contribution is 2.30. The molecule has 0 unspecified atom stereocenters. The van der Waals surface area contributed by atoms with E-state index in [1.807, 2.05) is 130 Å². The van der Waals surface area contributed by atoms with E-state index in [2.05, 4.69) is 5.32 Å². The van der Waals surface area contributed by atoms with Crippen LogP contribution in [0.3, 0.4) is 0 Å². The zero-order chi connectivity index (χ0) is 31.6. The Hall–Kier alpha value is -4.78. The fourth-order valence-electron chi connectivity index (χ4n) is 5.33. The summed E-state index contributed by atoms with van der Waals surface area (Å²) in [6.45, 7) is 6.41. The van der Waals surface area contributed by atoms with E-state index in [1.165, 1.54) is 0 Å². The summed E-state index contributed by atoms with van der Waals surface area (Å²) >= 11 is 0. The van der Waals surface area contributed by atoms with Crippen LogP contribution < -0.4 is 14.8 Å². The summed E-state index contributed by atoms with van der Waals surface area (Å²) in [5.41, 5.74) is 3.54. The minimum absolute atomic E-state index is 0.296. The molecule has 1 aliphatic heterocycles. The van der Waals surface area contributed by atoms with E-state index in [-0.39, 0.29) is 12.1 Å². The molecule has 0 bridgehead atoms. The third kappa shape index (κ3) is 9.86. The monoisotopic (exact) mass is 607 g/mol. The highest BCUT2D eigenvalue weighted by Gasteiger charge is 2.41. The van der Waals surface area contributed by atoms with Crippen molar-refractivity contribution in [3.05, 3.63) is 131 Å². The van der Waals surface area contributed by atoms with Crippen LogP contribution in [0.1, 0.15) is 49.4 Å². The average molecular weight is 608 g/mol. The summed E-state index contributed by atoms with van der Waals surface area (Å²) in [7, 11) is 0. The minimum atomic E-state index is -0.665. The van der Waals surface area contributed by atoms with Gasteiger partial charge in [0.25, 0.3) is 0 Å². The van der Waals surface area contributed by atoms with Gasteiger partial charge in [0.2, 0.25) is 0 Å². The Morgan fingerprint density at radius 3 is 1.78 bits per heavy atom. The number of amides is 1. The zero-order valence-electron chi connectivity index (χ0n) is 26.1. The van der Waals surface area contributed by atoms with Crippen LogP contribution in [0.25, 0.3) is 0 Å². The van der Waals surface area contributed by atoms with Gasteiger partial charge in [0.05, 0.1) is 5.92 Å². The molecule has 0 aliphatic carbocycles. The Labute approximate surface area is 265 Å². The van der Waals surface area contributed by atoms with Gasteiger partial charge in [-0.25, -0.2) is 4.79 Å². The highest BCUT2D eigenvalue weighted by atomic mass is 16.6. The van der Waals surface area contributed by atoms with Crippen molar-refractivity contribution < 1.29 is 28.5 Å². The van der Waals surface area contributed by atoms with Crippen LogP contribution in [0.15, 0.2) is 109 Å². The molecule has 45 heavy (non-hydrogen) atoms. The Balaban J connectivity index is 1.20. The second-order valence-corrected chi connectivity index (χ2v) is 12.4. The molecule has 7 heteroatoms. The van der Waals surface area contributed by atoms with Gasteiger partial charge < -0.3 is 24.3 Å². The third-order valence-corrected chi connectivity index (χ3v) is 7.55. The SMILES string of the molecule is CC(C)(C)OC(=O)N[C@@H](Cc1ccc(OCc2ccccc2)cc1)[C@H]1C[C@@H](Cc2ccc(OCc3ccccc3)cc2)OC1=O. The lowest BCUT2D eigenvalue weighted by molar-refractivity contribution is -0.144. The van der Waals surface area contributed by atoms with Crippen molar-refractivity contribution in [3.63, 3.8) is 0 Å². The molecule has 0 saturated carbocycles. The quantitative estimate of drug-likeness (QED) is 0.168. The first kappa shape index (κ1) is 31.6. The van der Waals surface area contributed by atoms with Crippen LogP contribution >= 0.6 is 0 Å². The molecule has 0 spiro atoms. The molecular formula is C38H41NO6. The lowest BCUT2D eigenvalue weighted by Gasteiger charge is -2.26. The molecule has 1 amide bonds. The van der Waals surface area contributed by atoms with Crippen molar-refractivity contribution in [2.45, 2.75) is 71.0 Å². The maximum atomic E-state index is 13.2. The Kier molecular flexibility index (Phi) is 10.4. The third-order valence-electron chi connectivity index (χ3n) is 7.55. The number of nitrogens with one attached hydrogen (secondary N) is 1. The lowest BCUT2D eigenvalue weighted by Crippen LogP contribution is -2.45. The van der Waals surface area contributed by atoms with Gasteiger partial charge in [-0.2, -0.15) is 0 Å². The summed E-state index contributed by atoms with van der Waals surface area (Å²) < 4.78 is 23.2. The van der Waals surface area contributed by atoms with Crippen LogP contribution in [0.5, 0.6) is 11.5 Å². The molecule has 4 aromatic carbocycles. The topological polar surface area (TPSA) is 83.1 Å². The molecule has 3 atom stereocenters. The van der Waals surface area contributed by atoms with Crippen molar-refractivity contribution >= 4 is 12.1 Å². The molecule has 234 valence electrons. The number of hydrogen-bond acceptors (Lipinski definition) is 6. The molecule has 0 aromatic heterocycles. The van der Waals surface area contributed by atoms with Gasteiger partial charge in [-0.1, -0.05) is 84.9 Å². The van der Waals surface area contributed by atoms with Crippen molar-refractivity contribution in [3.8, 4) is 11.5 Å². The molecule has 1 heterocycles. The molecule has 0 radical (unpaired) electrons. The number of ether oxygens (including phenoxy) is 4. The minimum Gasteiger partial charge on any atom is -0.489 e. The molecule has 1 fully saturated rings. The molecule has 1 N–H and O–H groups in total. The first-order valence-electron chi connectivity index (χ1n) is 15.4. The standard InChI is InChI=1S/C38H41NO6/c1-38(2,3)45-37(41)39-35(23-28-16-20-32(21-17-28)43-26-30-12-8-5-9-13-30)34-24-33(44-36(34)40)22-27-14-18-31(19-15-27)42-25-29-10-6-4-7-11-29/h4-21,33-35H,22-26H2,1-3H3,(H,39,41)/t33-,34-,35+/m1/s1. The van der Waals surface area contributed by atoms with E-state index in [0.717, 1.165) is 33.8 Å². The summed E-state index contributed by atoms with van der Waals surface area (Å²) in [4.78, 5) is 26.0. The Bertz CT molecular complexity index is 1520. The summed E-state index contributed by atoms with van der Waals surface area (Å²) in [5.74, 6) is 0.703. The molecule has 1 aliphatic rings. The Morgan fingerprint density at radius 2 is 1.27 bits per heavy atom. The number of cyclic esters (lactones) is 1. The number of rotatable bonds is 12. The molecule has 5 rings (SSSR count). The second kappa shape index (κ2) is 14.8. The van der Waals surface area contributed by atoms with Crippen molar-refractivity contribution in [1.29, 1.82) is 0 Å². The second-order valence-electron chi connectivity index (χ2n) is 12.4. The predicted molar refractivity (Wildman–Crippen MR) is 173 cm³/mol. The fraction of sp³-hybridized carbons (Fsp3) is 0.316. The zero-order valence-corrected chi connectivity index (χ0v) is 26.1. The van der Waals surface area contributed by atoms with Crippen LogP contribution in [-0.4, -0.2) is 29.8 Å². The van der Waals surface area contributed by atoms with Crippen LogP contribution in [0.2, 0.25) is 0 Å². The smallest absolute Gasteiger partial charge is 0.407 e. The van der Waals surface area contributed by atoms with E-state index in [9.17, 15) is 9.59 Å². The molecule has 7 nitrogen and oxygen atoms in total. The highest BCUT2D eigenvalue weighted by molar-refractivity contribution is 5.77. The van der Waals surface area contributed by atoms with E-state index >= 15 is 0 Å². The number of benzene rings is 4. The number of carbonyl (C=O) groups is 2. The first-order valence-corrected chi connectivity index (χ1v) is 15.4. The number of esters is 1. The van der Waals surface area contributed by atoms with Gasteiger partial charge >= 0.3 is 12.1 Å². The number of alkyl carbamates (subject to hydrolysis) is 1. The maximum absolute atomic E-state index is 13.2. The number of hydrogen-bond donors (Lipinski definition) is 1.